The van der Waals surface area contributed by atoms with E-state index in [1.54, 1.807) is 12.4 Å². The molecule has 0 unspecified atom stereocenters. The van der Waals surface area contributed by atoms with Crippen LogP contribution >= 0.6 is 0 Å². The topological polar surface area (TPSA) is 75.1 Å². The fourth-order valence-corrected chi connectivity index (χ4v) is 2.56. The number of carboxylic acids is 1. The van der Waals surface area contributed by atoms with Crippen LogP contribution in [0.1, 0.15) is 44.1 Å². The first kappa shape index (κ1) is 12.8. The van der Waals surface area contributed by atoms with Crippen LogP contribution in [-0.4, -0.2) is 26.6 Å². The predicted octanol–water partition coefficient (Wildman–Crippen LogP) is 2.37. The Morgan fingerprint density at radius 2 is 1.94 bits per heavy atom. The Bertz CT molecular complexity index is 411. The van der Waals surface area contributed by atoms with Crippen LogP contribution in [0.3, 0.4) is 0 Å². The van der Waals surface area contributed by atoms with Gasteiger partial charge in [0.05, 0.1) is 12.0 Å². The zero-order valence-corrected chi connectivity index (χ0v) is 10.6. The molecule has 0 saturated heterocycles. The van der Waals surface area contributed by atoms with E-state index in [-0.39, 0.29) is 12.0 Å². The van der Waals surface area contributed by atoms with Gasteiger partial charge in [0.25, 0.3) is 0 Å². The molecule has 0 aromatic carbocycles. The Balaban J connectivity index is 2.13. The molecule has 0 radical (unpaired) electrons. The lowest BCUT2D eigenvalue weighted by Crippen LogP contribution is -2.42. The summed E-state index contributed by atoms with van der Waals surface area (Å²) in [5, 5.41) is 12.3. The van der Waals surface area contributed by atoms with E-state index in [4.69, 9.17) is 5.11 Å². The van der Waals surface area contributed by atoms with E-state index in [9.17, 15) is 4.79 Å². The summed E-state index contributed by atoms with van der Waals surface area (Å²) in [5.41, 5.74) is 0.621. The van der Waals surface area contributed by atoms with Crippen LogP contribution in [0, 0.1) is 6.92 Å². The van der Waals surface area contributed by atoms with Crippen molar-refractivity contribution in [2.75, 3.05) is 5.32 Å². The molecule has 98 valence electrons. The van der Waals surface area contributed by atoms with Crippen molar-refractivity contribution < 1.29 is 9.90 Å². The molecule has 1 aromatic heterocycles. The summed E-state index contributed by atoms with van der Waals surface area (Å²) < 4.78 is 0. The molecular weight excluding hydrogens is 230 g/mol. The van der Waals surface area contributed by atoms with Crippen molar-refractivity contribution >= 4 is 11.9 Å². The molecule has 1 aliphatic rings. The Labute approximate surface area is 107 Å². The highest BCUT2D eigenvalue weighted by molar-refractivity contribution is 5.69. The largest absolute Gasteiger partial charge is 0.481 e. The number of aromatic nitrogens is 2. The van der Waals surface area contributed by atoms with Crippen molar-refractivity contribution in [3.63, 3.8) is 0 Å². The first-order valence-electron chi connectivity index (χ1n) is 6.38. The lowest BCUT2D eigenvalue weighted by molar-refractivity contribution is -0.138. The van der Waals surface area contributed by atoms with Crippen LogP contribution in [0.4, 0.5) is 5.95 Å². The maximum atomic E-state index is 11.0. The van der Waals surface area contributed by atoms with Gasteiger partial charge in [-0.25, -0.2) is 9.97 Å². The third-order valence-corrected chi connectivity index (χ3v) is 3.46. The fraction of sp³-hybridized carbons (Fsp3) is 0.615. The van der Waals surface area contributed by atoms with Crippen LogP contribution in [0.5, 0.6) is 0 Å². The second-order valence-electron chi connectivity index (χ2n) is 5.12. The standard InChI is InChI=1S/C13H19N3O2/c1-10-8-14-12(15-9-10)16-13(7-11(17)18)5-3-2-4-6-13/h8-9H,2-7H2,1H3,(H,17,18)(H,14,15,16). The molecule has 5 heteroatoms. The Morgan fingerprint density at radius 3 is 2.50 bits per heavy atom. The average molecular weight is 249 g/mol. The first-order chi connectivity index (χ1) is 8.60. The van der Waals surface area contributed by atoms with Gasteiger partial charge in [0.2, 0.25) is 5.95 Å². The highest BCUT2D eigenvalue weighted by Gasteiger charge is 2.34. The zero-order chi connectivity index (χ0) is 13.0. The van der Waals surface area contributed by atoms with Crippen molar-refractivity contribution in [3.05, 3.63) is 18.0 Å². The van der Waals surface area contributed by atoms with Crippen LogP contribution < -0.4 is 5.32 Å². The van der Waals surface area contributed by atoms with Crippen molar-refractivity contribution in [3.8, 4) is 0 Å². The molecule has 1 heterocycles. The Kier molecular flexibility index (Phi) is 3.79. The van der Waals surface area contributed by atoms with E-state index in [1.165, 1.54) is 6.42 Å². The number of hydrogen-bond donors (Lipinski definition) is 2. The molecule has 2 rings (SSSR count). The van der Waals surface area contributed by atoms with E-state index in [0.29, 0.717) is 5.95 Å². The van der Waals surface area contributed by atoms with Crippen LogP contribution in [-0.2, 0) is 4.79 Å². The van der Waals surface area contributed by atoms with Crippen LogP contribution in [0.25, 0.3) is 0 Å². The second-order valence-corrected chi connectivity index (χ2v) is 5.12. The van der Waals surface area contributed by atoms with Gasteiger partial charge in [-0.2, -0.15) is 0 Å². The van der Waals surface area contributed by atoms with Crippen molar-refractivity contribution in [2.45, 2.75) is 51.0 Å². The molecule has 0 bridgehead atoms. The lowest BCUT2D eigenvalue weighted by atomic mass is 9.79. The number of anilines is 1. The minimum atomic E-state index is -0.767. The molecule has 0 atom stereocenters. The van der Waals surface area contributed by atoms with Gasteiger partial charge in [0.1, 0.15) is 0 Å². The summed E-state index contributed by atoms with van der Waals surface area (Å²) in [5.74, 6) is -0.236. The maximum absolute atomic E-state index is 11.0. The number of aryl methyl sites for hydroxylation is 1. The molecule has 1 aromatic rings. The summed E-state index contributed by atoms with van der Waals surface area (Å²) in [7, 11) is 0. The van der Waals surface area contributed by atoms with Gasteiger partial charge in [-0.05, 0) is 25.3 Å². The summed E-state index contributed by atoms with van der Waals surface area (Å²) in [6, 6.07) is 0. The first-order valence-corrected chi connectivity index (χ1v) is 6.38. The molecule has 1 saturated carbocycles. The van der Waals surface area contributed by atoms with Gasteiger partial charge in [-0.3, -0.25) is 4.79 Å². The quantitative estimate of drug-likeness (QED) is 0.856. The summed E-state index contributed by atoms with van der Waals surface area (Å²) in [6.45, 7) is 1.93. The highest BCUT2D eigenvalue weighted by Crippen LogP contribution is 2.33. The summed E-state index contributed by atoms with van der Waals surface area (Å²) >= 11 is 0. The number of nitrogens with one attached hydrogen (secondary N) is 1. The number of rotatable bonds is 4. The molecular formula is C13H19N3O2. The fourth-order valence-electron chi connectivity index (χ4n) is 2.56. The lowest BCUT2D eigenvalue weighted by Gasteiger charge is -2.36. The Hall–Kier alpha value is -1.65. The minimum Gasteiger partial charge on any atom is -0.481 e. The highest BCUT2D eigenvalue weighted by atomic mass is 16.4. The molecule has 2 N–H and O–H groups in total. The van der Waals surface area contributed by atoms with Crippen molar-refractivity contribution in [1.29, 1.82) is 0 Å². The van der Waals surface area contributed by atoms with Gasteiger partial charge in [0.15, 0.2) is 0 Å². The van der Waals surface area contributed by atoms with Gasteiger partial charge in [0, 0.05) is 12.4 Å². The number of hydrogen-bond acceptors (Lipinski definition) is 4. The van der Waals surface area contributed by atoms with Crippen molar-refractivity contribution in [2.24, 2.45) is 0 Å². The normalized spacial score (nSPS) is 18.3. The second kappa shape index (κ2) is 5.33. The maximum Gasteiger partial charge on any atom is 0.305 e. The van der Waals surface area contributed by atoms with Crippen LogP contribution in [0.2, 0.25) is 0 Å². The number of carbonyl (C=O) groups is 1. The monoisotopic (exact) mass is 249 g/mol. The predicted molar refractivity (Wildman–Crippen MR) is 68.5 cm³/mol. The number of aliphatic carboxylic acids is 1. The molecule has 18 heavy (non-hydrogen) atoms. The summed E-state index contributed by atoms with van der Waals surface area (Å²) in [4.78, 5) is 19.5. The number of carboxylic acid groups (broad SMARTS) is 1. The van der Waals surface area contributed by atoms with Crippen molar-refractivity contribution in [1.82, 2.24) is 9.97 Å². The smallest absolute Gasteiger partial charge is 0.305 e. The van der Waals surface area contributed by atoms with E-state index < -0.39 is 5.97 Å². The van der Waals surface area contributed by atoms with Gasteiger partial charge >= 0.3 is 5.97 Å². The third kappa shape index (κ3) is 3.18. The van der Waals surface area contributed by atoms with Gasteiger partial charge < -0.3 is 10.4 Å². The average Bonchev–Trinajstić information content (AvgIpc) is 2.32. The van der Waals surface area contributed by atoms with E-state index in [0.717, 1.165) is 31.2 Å². The molecule has 0 aliphatic heterocycles. The SMILES string of the molecule is Cc1cnc(NC2(CC(=O)O)CCCCC2)nc1. The number of nitrogens with zero attached hydrogens (tertiary/aromatic N) is 2. The molecule has 0 spiro atoms. The Morgan fingerprint density at radius 1 is 1.33 bits per heavy atom. The molecule has 1 aliphatic carbocycles. The molecule has 1 fully saturated rings. The van der Waals surface area contributed by atoms with E-state index in [1.807, 2.05) is 6.92 Å². The molecule has 0 amide bonds. The van der Waals surface area contributed by atoms with E-state index in [2.05, 4.69) is 15.3 Å². The van der Waals surface area contributed by atoms with Crippen LogP contribution in [0.15, 0.2) is 12.4 Å². The van der Waals surface area contributed by atoms with Gasteiger partial charge in [-0.15, -0.1) is 0 Å². The molecule has 5 nitrogen and oxygen atoms in total. The van der Waals surface area contributed by atoms with E-state index >= 15 is 0 Å². The van der Waals surface area contributed by atoms with Gasteiger partial charge in [-0.1, -0.05) is 19.3 Å². The summed E-state index contributed by atoms with van der Waals surface area (Å²) in [6.07, 6.45) is 8.66. The minimum absolute atomic E-state index is 0.129. The third-order valence-electron chi connectivity index (χ3n) is 3.46. The zero-order valence-electron chi connectivity index (χ0n) is 10.6.